The molecule has 98 valence electrons. The number of ether oxygens (including phenoxy) is 1. The summed E-state index contributed by atoms with van der Waals surface area (Å²) in [7, 11) is 0. The molecule has 3 unspecified atom stereocenters. The summed E-state index contributed by atoms with van der Waals surface area (Å²) in [4.78, 5) is 12.0. The van der Waals surface area contributed by atoms with E-state index in [-0.39, 0.29) is 23.4 Å². The molecule has 1 saturated carbocycles. The molecule has 1 aliphatic carbocycles. The molecule has 3 atom stereocenters. The van der Waals surface area contributed by atoms with E-state index in [0.29, 0.717) is 6.61 Å². The molecule has 2 rings (SSSR count). The number of carbonyl (C=O) groups excluding carboxylic acids is 1. The van der Waals surface area contributed by atoms with Gasteiger partial charge in [-0.3, -0.25) is 4.79 Å². The Balaban J connectivity index is 1.83. The van der Waals surface area contributed by atoms with Crippen molar-refractivity contribution < 1.29 is 9.53 Å². The van der Waals surface area contributed by atoms with Gasteiger partial charge in [-0.25, -0.2) is 0 Å². The molecule has 1 aliphatic heterocycles. The quantitative estimate of drug-likeness (QED) is 0.612. The lowest BCUT2D eigenvalue weighted by atomic mass is 10.1. The smallest absolute Gasteiger partial charge is 0.249 e. The van der Waals surface area contributed by atoms with Crippen LogP contribution < -0.4 is 5.32 Å². The van der Waals surface area contributed by atoms with E-state index in [9.17, 15) is 4.79 Å². The normalized spacial score (nSPS) is 35.0. The summed E-state index contributed by atoms with van der Waals surface area (Å²) >= 11 is 6.31. The van der Waals surface area contributed by atoms with Gasteiger partial charge in [-0.15, -0.1) is 11.6 Å². The highest BCUT2D eigenvalue weighted by atomic mass is 35.5. The first-order valence-electron chi connectivity index (χ1n) is 6.83. The summed E-state index contributed by atoms with van der Waals surface area (Å²) in [6.45, 7) is 0.715. The van der Waals surface area contributed by atoms with E-state index < -0.39 is 0 Å². The lowest BCUT2D eigenvalue weighted by molar-refractivity contribution is -0.136. The standard InChI is InChI=1S/C13H22ClNO2/c14-10-6-2-1-3-7-11(10)15-13(16)12-8-4-5-9-17-12/h10-12H,1-9H2,(H,15,16). The molecule has 17 heavy (non-hydrogen) atoms. The van der Waals surface area contributed by atoms with E-state index in [4.69, 9.17) is 16.3 Å². The molecule has 0 bridgehead atoms. The van der Waals surface area contributed by atoms with Crippen molar-refractivity contribution >= 4 is 17.5 Å². The van der Waals surface area contributed by atoms with Gasteiger partial charge >= 0.3 is 0 Å². The molecule has 3 nitrogen and oxygen atoms in total. The monoisotopic (exact) mass is 259 g/mol. The van der Waals surface area contributed by atoms with Crippen LogP contribution in [0.3, 0.4) is 0 Å². The molecule has 2 aliphatic rings. The fourth-order valence-electron chi connectivity index (χ4n) is 2.65. The van der Waals surface area contributed by atoms with Crippen molar-refractivity contribution in [3.05, 3.63) is 0 Å². The highest BCUT2D eigenvalue weighted by molar-refractivity contribution is 6.21. The van der Waals surface area contributed by atoms with E-state index in [1.807, 2.05) is 0 Å². The zero-order valence-corrected chi connectivity index (χ0v) is 11.0. The average molecular weight is 260 g/mol. The van der Waals surface area contributed by atoms with Crippen LogP contribution in [0.15, 0.2) is 0 Å². The number of hydrogen-bond donors (Lipinski definition) is 1. The van der Waals surface area contributed by atoms with E-state index in [1.165, 1.54) is 19.3 Å². The van der Waals surface area contributed by atoms with Crippen LogP contribution in [0.5, 0.6) is 0 Å². The maximum absolute atomic E-state index is 12.0. The van der Waals surface area contributed by atoms with Crippen LogP contribution in [0.2, 0.25) is 0 Å². The van der Waals surface area contributed by atoms with Crippen molar-refractivity contribution in [1.82, 2.24) is 5.32 Å². The van der Waals surface area contributed by atoms with Crippen LogP contribution >= 0.6 is 11.6 Å². The van der Waals surface area contributed by atoms with Crippen LogP contribution in [-0.4, -0.2) is 30.0 Å². The SMILES string of the molecule is O=C(NC1CCCCCC1Cl)C1CCCCO1. The Morgan fingerprint density at radius 2 is 1.82 bits per heavy atom. The summed E-state index contributed by atoms with van der Waals surface area (Å²) in [5.74, 6) is 0.0438. The first-order valence-corrected chi connectivity index (χ1v) is 7.27. The van der Waals surface area contributed by atoms with Crippen molar-refractivity contribution in [1.29, 1.82) is 0 Å². The van der Waals surface area contributed by atoms with Gasteiger partial charge in [0.1, 0.15) is 6.10 Å². The first-order chi connectivity index (χ1) is 8.27. The van der Waals surface area contributed by atoms with Crippen molar-refractivity contribution in [3.63, 3.8) is 0 Å². The maximum Gasteiger partial charge on any atom is 0.249 e. The van der Waals surface area contributed by atoms with E-state index >= 15 is 0 Å². The van der Waals surface area contributed by atoms with Crippen LogP contribution in [0, 0.1) is 0 Å². The largest absolute Gasteiger partial charge is 0.368 e. The Morgan fingerprint density at radius 1 is 1.06 bits per heavy atom. The van der Waals surface area contributed by atoms with Gasteiger partial charge in [0.15, 0.2) is 0 Å². The Bertz CT molecular complexity index is 254. The fraction of sp³-hybridized carbons (Fsp3) is 0.923. The molecule has 0 radical (unpaired) electrons. The van der Waals surface area contributed by atoms with Gasteiger partial charge in [0.2, 0.25) is 5.91 Å². The number of nitrogens with one attached hydrogen (secondary N) is 1. The molecule has 0 spiro atoms. The second-order valence-electron chi connectivity index (χ2n) is 5.12. The lowest BCUT2D eigenvalue weighted by Crippen LogP contribution is -2.46. The third-order valence-corrected chi connectivity index (χ3v) is 4.25. The zero-order valence-electron chi connectivity index (χ0n) is 10.3. The third-order valence-electron chi connectivity index (χ3n) is 3.73. The zero-order chi connectivity index (χ0) is 12.1. The van der Waals surface area contributed by atoms with E-state index in [2.05, 4.69) is 5.32 Å². The number of alkyl halides is 1. The van der Waals surface area contributed by atoms with Crippen molar-refractivity contribution in [2.24, 2.45) is 0 Å². The highest BCUT2D eigenvalue weighted by Crippen LogP contribution is 2.23. The van der Waals surface area contributed by atoms with Gasteiger partial charge in [-0.1, -0.05) is 19.3 Å². The van der Waals surface area contributed by atoms with Crippen LogP contribution in [0.1, 0.15) is 51.4 Å². The van der Waals surface area contributed by atoms with E-state index in [1.54, 1.807) is 0 Å². The van der Waals surface area contributed by atoms with Crippen LogP contribution in [0.4, 0.5) is 0 Å². The summed E-state index contributed by atoms with van der Waals surface area (Å²) in [6.07, 6.45) is 8.38. The van der Waals surface area contributed by atoms with Gasteiger partial charge in [-0.2, -0.15) is 0 Å². The van der Waals surface area contributed by atoms with Gasteiger partial charge in [0.25, 0.3) is 0 Å². The second kappa shape index (κ2) is 6.60. The summed E-state index contributed by atoms with van der Waals surface area (Å²) in [5.41, 5.74) is 0. The van der Waals surface area contributed by atoms with Gasteiger partial charge in [0.05, 0.1) is 5.38 Å². The molecule has 2 fully saturated rings. The molecular weight excluding hydrogens is 238 g/mol. The highest BCUT2D eigenvalue weighted by Gasteiger charge is 2.28. The molecular formula is C13H22ClNO2. The van der Waals surface area contributed by atoms with Crippen molar-refractivity contribution in [2.75, 3.05) is 6.61 Å². The molecule has 0 aromatic carbocycles. The molecule has 1 N–H and O–H groups in total. The molecule has 0 aromatic rings. The number of halogens is 1. The topological polar surface area (TPSA) is 38.3 Å². The van der Waals surface area contributed by atoms with Crippen molar-refractivity contribution in [2.45, 2.75) is 68.9 Å². The minimum Gasteiger partial charge on any atom is -0.368 e. The predicted octanol–water partition coefficient (Wildman–Crippen LogP) is 2.61. The van der Waals surface area contributed by atoms with Crippen LogP contribution in [-0.2, 0) is 9.53 Å². The molecule has 1 saturated heterocycles. The first kappa shape index (κ1) is 13.2. The number of carbonyl (C=O) groups is 1. The molecule has 0 aromatic heterocycles. The Hall–Kier alpha value is -0.280. The predicted molar refractivity (Wildman–Crippen MR) is 68.2 cm³/mol. The second-order valence-corrected chi connectivity index (χ2v) is 5.68. The van der Waals surface area contributed by atoms with E-state index in [0.717, 1.165) is 32.1 Å². The minimum absolute atomic E-state index is 0.0438. The Kier molecular flexibility index (Phi) is 5.11. The van der Waals surface area contributed by atoms with Gasteiger partial charge < -0.3 is 10.1 Å². The van der Waals surface area contributed by atoms with Crippen LogP contribution in [0.25, 0.3) is 0 Å². The minimum atomic E-state index is -0.240. The Labute approximate surface area is 108 Å². The van der Waals surface area contributed by atoms with Crippen molar-refractivity contribution in [3.8, 4) is 0 Å². The molecule has 1 amide bonds. The van der Waals surface area contributed by atoms with Gasteiger partial charge in [0, 0.05) is 12.6 Å². The maximum atomic E-state index is 12.0. The van der Waals surface area contributed by atoms with Gasteiger partial charge in [-0.05, 0) is 32.1 Å². The average Bonchev–Trinajstić information content (AvgIpc) is 2.56. The molecule has 1 heterocycles. The number of rotatable bonds is 2. The Morgan fingerprint density at radius 3 is 2.59 bits per heavy atom. The number of hydrogen-bond acceptors (Lipinski definition) is 2. The third kappa shape index (κ3) is 3.85. The molecule has 4 heteroatoms. The summed E-state index contributed by atoms with van der Waals surface area (Å²) < 4.78 is 5.49. The lowest BCUT2D eigenvalue weighted by Gasteiger charge is -2.26. The summed E-state index contributed by atoms with van der Waals surface area (Å²) in [5, 5.41) is 3.17. The summed E-state index contributed by atoms with van der Waals surface area (Å²) in [6, 6.07) is 0.136. The number of amides is 1. The fourth-order valence-corrected chi connectivity index (χ4v) is 2.99.